The summed E-state index contributed by atoms with van der Waals surface area (Å²) >= 11 is 0. The van der Waals surface area contributed by atoms with Gasteiger partial charge in [-0.1, -0.05) is 0 Å². The van der Waals surface area contributed by atoms with Crippen LogP contribution in [0.1, 0.15) is 38.4 Å². The quantitative estimate of drug-likeness (QED) is 0.816. The maximum absolute atomic E-state index is 5.79. The van der Waals surface area contributed by atoms with Gasteiger partial charge in [0.2, 0.25) is 0 Å². The van der Waals surface area contributed by atoms with Crippen molar-refractivity contribution in [3.05, 3.63) is 11.9 Å². The van der Waals surface area contributed by atoms with Gasteiger partial charge < -0.3 is 10.6 Å². The fraction of sp³-hybridized carbons (Fsp3) is 0.636. The van der Waals surface area contributed by atoms with Crippen LogP contribution in [0.4, 0.5) is 11.6 Å². The maximum Gasteiger partial charge on any atom is 0.136 e. The van der Waals surface area contributed by atoms with Gasteiger partial charge in [-0.25, -0.2) is 9.97 Å². The Morgan fingerprint density at radius 2 is 2.00 bits per heavy atom. The van der Waals surface area contributed by atoms with Gasteiger partial charge in [0.05, 0.1) is 0 Å². The highest BCUT2D eigenvalue weighted by atomic mass is 15.2. The first-order valence-corrected chi connectivity index (χ1v) is 5.64. The van der Waals surface area contributed by atoms with Crippen molar-refractivity contribution in [2.24, 2.45) is 0 Å². The molecular weight excluding hydrogens is 188 g/mol. The Morgan fingerprint density at radius 3 is 2.53 bits per heavy atom. The lowest BCUT2D eigenvalue weighted by atomic mass is 10.3. The Labute approximate surface area is 90.5 Å². The zero-order valence-corrected chi connectivity index (χ0v) is 9.40. The van der Waals surface area contributed by atoms with Crippen molar-refractivity contribution in [3.63, 3.8) is 0 Å². The van der Waals surface area contributed by atoms with E-state index < -0.39 is 0 Å². The molecule has 0 radical (unpaired) electrons. The zero-order chi connectivity index (χ0) is 10.8. The molecule has 1 heterocycles. The van der Waals surface area contributed by atoms with E-state index in [0.717, 1.165) is 24.7 Å². The van der Waals surface area contributed by atoms with Gasteiger partial charge in [0.1, 0.15) is 17.5 Å². The first kappa shape index (κ1) is 10.2. The number of anilines is 2. The van der Waals surface area contributed by atoms with Crippen molar-refractivity contribution in [1.82, 2.24) is 9.97 Å². The van der Waals surface area contributed by atoms with Gasteiger partial charge in [-0.3, -0.25) is 0 Å². The van der Waals surface area contributed by atoms with Crippen molar-refractivity contribution in [1.29, 1.82) is 0 Å². The summed E-state index contributed by atoms with van der Waals surface area (Å²) in [5.74, 6) is 3.04. The SMILES string of the molecule is CCN(CC)c1cc(N)nc(C2CC2)n1. The smallest absolute Gasteiger partial charge is 0.136 e. The number of nitrogens with zero attached hydrogens (tertiary/aromatic N) is 3. The van der Waals surface area contributed by atoms with Crippen molar-refractivity contribution in [3.8, 4) is 0 Å². The molecule has 1 saturated carbocycles. The standard InChI is InChI=1S/C11H18N4/c1-3-15(4-2)10-7-9(12)13-11(14-10)8-5-6-8/h7-8H,3-6H2,1-2H3,(H2,12,13,14). The molecule has 4 nitrogen and oxygen atoms in total. The lowest BCUT2D eigenvalue weighted by Gasteiger charge is -2.20. The van der Waals surface area contributed by atoms with Gasteiger partial charge in [0, 0.05) is 25.1 Å². The monoisotopic (exact) mass is 206 g/mol. The molecule has 0 aromatic carbocycles. The second-order valence-corrected chi connectivity index (χ2v) is 3.96. The van der Waals surface area contributed by atoms with E-state index in [1.165, 1.54) is 12.8 Å². The molecule has 1 aliphatic rings. The Kier molecular flexibility index (Phi) is 2.75. The maximum atomic E-state index is 5.79. The zero-order valence-electron chi connectivity index (χ0n) is 9.40. The largest absolute Gasteiger partial charge is 0.384 e. The van der Waals surface area contributed by atoms with E-state index in [1.807, 2.05) is 6.07 Å². The minimum Gasteiger partial charge on any atom is -0.384 e. The molecule has 0 aliphatic heterocycles. The van der Waals surface area contributed by atoms with Crippen molar-refractivity contribution >= 4 is 11.6 Å². The van der Waals surface area contributed by atoms with Gasteiger partial charge in [0.25, 0.3) is 0 Å². The van der Waals surface area contributed by atoms with E-state index in [9.17, 15) is 0 Å². The molecule has 1 aromatic rings. The molecule has 1 aliphatic carbocycles. The van der Waals surface area contributed by atoms with Crippen LogP contribution >= 0.6 is 0 Å². The third kappa shape index (κ3) is 2.19. The number of nitrogens with two attached hydrogens (primary N) is 1. The first-order chi connectivity index (χ1) is 7.24. The van der Waals surface area contributed by atoms with E-state index in [-0.39, 0.29) is 0 Å². The summed E-state index contributed by atoms with van der Waals surface area (Å²) in [6.45, 7) is 6.16. The molecule has 2 N–H and O–H groups in total. The summed E-state index contributed by atoms with van der Waals surface area (Å²) in [7, 11) is 0. The molecule has 0 spiro atoms. The summed E-state index contributed by atoms with van der Waals surface area (Å²) in [6, 6.07) is 1.86. The predicted octanol–water partition coefficient (Wildman–Crippen LogP) is 1.78. The van der Waals surface area contributed by atoms with Crippen molar-refractivity contribution in [2.45, 2.75) is 32.6 Å². The lowest BCUT2D eigenvalue weighted by molar-refractivity contribution is 0.822. The van der Waals surface area contributed by atoms with Crippen LogP contribution in [0.15, 0.2) is 6.07 Å². The van der Waals surface area contributed by atoms with Crippen LogP contribution in [0.25, 0.3) is 0 Å². The van der Waals surface area contributed by atoms with Gasteiger partial charge in [-0.15, -0.1) is 0 Å². The van der Waals surface area contributed by atoms with E-state index in [0.29, 0.717) is 11.7 Å². The minimum atomic E-state index is 0.558. The molecule has 1 aromatic heterocycles. The number of nitrogen functional groups attached to an aromatic ring is 1. The van der Waals surface area contributed by atoms with Gasteiger partial charge in [-0.2, -0.15) is 0 Å². The Hall–Kier alpha value is -1.32. The van der Waals surface area contributed by atoms with E-state index in [1.54, 1.807) is 0 Å². The van der Waals surface area contributed by atoms with Crippen LogP contribution < -0.4 is 10.6 Å². The van der Waals surface area contributed by atoms with Crippen LogP contribution in [-0.4, -0.2) is 23.1 Å². The summed E-state index contributed by atoms with van der Waals surface area (Å²) in [5, 5.41) is 0. The van der Waals surface area contributed by atoms with Crippen molar-refractivity contribution < 1.29 is 0 Å². The molecule has 0 atom stereocenters. The highest BCUT2D eigenvalue weighted by molar-refractivity contribution is 5.47. The average molecular weight is 206 g/mol. The first-order valence-electron chi connectivity index (χ1n) is 5.64. The molecule has 4 heteroatoms. The van der Waals surface area contributed by atoms with Crippen molar-refractivity contribution in [2.75, 3.05) is 23.7 Å². The highest BCUT2D eigenvalue weighted by Crippen LogP contribution is 2.38. The highest BCUT2D eigenvalue weighted by Gasteiger charge is 2.27. The van der Waals surface area contributed by atoms with E-state index >= 15 is 0 Å². The van der Waals surface area contributed by atoms with Crippen LogP contribution in [0.3, 0.4) is 0 Å². The number of hydrogen-bond acceptors (Lipinski definition) is 4. The summed E-state index contributed by atoms with van der Waals surface area (Å²) in [4.78, 5) is 11.1. The number of aromatic nitrogens is 2. The Bertz CT molecular complexity index is 342. The van der Waals surface area contributed by atoms with Crippen LogP contribution in [0, 0.1) is 0 Å². The molecule has 82 valence electrons. The van der Waals surface area contributed by atoms with Crippen LogP contribution in [0.5, 0.6) is 0 Å². The molecule has 1 fully saturated rings. The molecule has 0 saturated heterocycles. The molecule has 2 rings (SSSR count). The summed E-state index contributed by atoms with van der Waals surface area (Å²) < 4.78 is 0. The Balaban J connectivity index is 2.29. The predicted molar refractivity (Wildman–Crippen MR) is 62.0 cm³/mol. The number of hydrogen-bond donors (Lipinski definition) is 1. The summed E-state index contributed by atoms with van der Waals surface area (Å²) in [6.07, 6.45) is 2.42. The van der Waals surface area contributed by atoms with E-state index in [2.05, 4.69) is 28.7 Å². The van der Waals surface area contributed by atoms with Gasteiger partial charge in [0.15, 0.2) is 0 Å². The third-order valence-corrected chi connectivity index (χ3v) is 2.78. The normalized spacial score (nSPS) is 15.3. The fourth-order valence-corrected chi connectivity index (χ4v) is 1.71. The summed E-state index contributed by atoms with van der Waals surface area (Å²) in [5.41, 5.74) is 5.79. The minimum absolute atomic E-state index is 0.558. The van der Waals surface area contributed by atoms with Crippen LogP contribution in [-0.2, 0) is 0 Å². The molecule has 0 unspecified atom stereocenters. The number of rotatable bonds is 4. The fourth-order valence-electron chi connectivity index (χ4n) is 1.71. The molecule has 0 amide bonds. The third-order valence-electron chi connectivity index (χ3n) is 2.78. The molecular formula is C11H18N4. The molecule has 15 heavy (non-hydrogen) atoms. The Morgan fingerprint density at radius 1 is 1.33 bits per heavy atom. The van der Waals surface area contributed by atoms with E-state index in [4.69, 9.17) is 5.73 Å². The molecule has 0 bridgehead atoms. The second kappa shape index (κ2) is 4.04. The van der Waals surface area contributed by atoms with Gasteiger partial charge >= 0.3 is 0 Å². The van der Waals surface area contributed by atoms with Crippen LogP contribution in [0.2, 0.25) is 0 Å². The lowest BCUT2D eigenvalue weighted by Crippen LogP contribution is -2.23. The second-order valence-electron chi connectivity index (χ2n) is 3.96. The average Bonchev–Trinajstić information content (AvgIpc) is 3.02. The van der Waals surface area contributed by atoms with Gasteiger partial charge in [-0.05, 0) is 26.7 Å². The topological polar surface area (TPSA) is 55.0 Å².